The normalized spacial score (nSPS) is 18.8. The Bertz CT molecular complexity index is 1380. The molecule has 4 heterocycles. The number of piperazine rings is 1. The summed E-state index contributed by atoms with van der Waals surface area (Å²) in [7, 11) is 7.58. The van der Waals surface area contributed by atoms with Crippen LogP contribution in [0.4, 0.5) is 34.5 Å². The summed E-state index contributed by atoms with van der Waals surface area (Å²) in [5, 5.41) is 3.34. The average molecular weight is 543 g/mol. The van der Waals surface area contributed by atoms with E-state index >= 15 is 0 Å². The van der Waals surface area contributed by atoms with Gasteiger partial charge in [-0.3, -0.25) is 9.69 Å². The minimum Gasteiger partial charge on any atom is -0.494 e. The zero-order chi connectivity index (χ0) is 27.8. The third-order valence-corrected chi connectivity index (χ3v) is 8.55. The first kappa shape index (κ1) is 26.3. The predicted octanol–water partition coefficient (Wildman–Crippen LogP) is 3.80. The van der Waals surface area contributed by atoms with Crippen LogP contribution in [0.5, 0.6) is 5.75 Å². The van der Waals surface area contributed by atoms with E-state index in [1.807, 2.05) is 42.3 Å². The van der Waals surface area contributed by atoms with Gasteiger partial charge in [-0.05, 0) is 57.2 Å². The molecule has 0 aliphatic carbocycles. The van der Waals surface area contributed by atoms with Crippen LogP contribution < -0.4 is 24.8 Å². The summed E-state index contributed by atoms with van der Waals surface area (Å²) >= 11 is 0. The summed E-state index contributed by atoms with van der Waals surface area (Å²) in [5.41, 5.74) is 4.03. The van der Waals surface area contributed by atoms with Crippen molar-refractivity contribution in [3.63, 3.8) is 0 Å². The van der Waals surface area contributed by atoms with Crippen molar-refractivity contribution >= 4 is 40.4 Å². The van der Waals surface area contributed by atoms with E-state index in [1.54, 1.807) is 25.3 Å². The lowest BCUT2D eigenvalue weighted by atomic mass is 10.0. The molecular weight excluding hydrogens is 504 g/mol. The lowest BCUT2D eigenvalue weighted by molar-refractivity contribution is 0.0994. The Morgan fingerprint density at radius 1 is 0.900 bits per heavy atom. The van der Waals surface area contributed by atoms with Crippen molar-refractivity contribution in [2.24, 2.45) is 0 Å². The van der Waals surface area contributed by atoms with Crippen LogP contribution in [-0.2, 0) is 0 Å². The van der Waals surface area contributed by atoms with Gasteiger partial charge >= 0.3 is 0 Å². The molecule has 10 nitrogen and oxygen atoms in total. The minimum absolute atomic E-state index is 0.0880. The quantitative estimate of drug-likeness (QED) is 0.518. The van der Waals surface area contributed by atoms with Crippen LogP contribution in [0.25, 0.3) is 0 Å². The maximum Gasteiger partial charge on any atom is 0.260 e. The summed E-state index contributed by atoms with van der Waals surface area (Å²) in [6.45, 7) is 6.60. The number of methoxy groups -OCH3 is 1. The largest absolute Gasteiger partial charge is 0.494 e. The zero-order valence-corrected chi connectivity index (χ0v) is 23.8. The van der Waals surface area contributed by atoms with Gasteiger partial charge in [-0.1, -0.05) is 12.1 Å². The molecule has 3 aromatic rings. The number of aromatic nitrogens is 2. The number of nitrogens with zero attached hydrogens (tertiary/aromatic N) is 7. The topological polar surface area (TPSA) is 80.3 Å². The van der Waals surface area contributed by atoms with E-state index in [0.29, 0.717) is 29.1 Å². The van der Waals surface area contributed by atoms with E-state index in [2.05, 4.69) is 44.2 Å². The molecule has 2 fully saturated rings. The van der Waals surface area contributed by atoms with Crippen molar-refractivity contribution < 1.29 is 9.53 Å². The summed E-state index contributed by atoms with van der Waals surface area (Å²) < 4.78 is 5.78. The second-order valence-electron chi connectivity index (χ2n) is 10.9. The van der Waals surface area contributed by atoms with Gasteiger partial charge in [0.2, 0.25) is 5.95 Å². The molecule has 1 amide bonds. The Balaban J connectivity index is 1.18. The van der Waals surface area contributed by atoms with Crippen molar-refractivity contribution in [2.45, 2.75) is 18.9 Å². The number of anilines is 6. The Kier molecular flexibility index (Phi) is 7.20. The number of carbonyl (C=O) groups is 1. The fourth-order valence-electron chi connectivity index (χ4n) is 6.07. The van der Waals surface area contributed by atoms with Crippen LogP contribution in [0, 0.1) is 0 Å². The lowest BCUT2D eigenvalue weighted by Gasteiger charge is -2.43. The molecule has 210 valence electrons. The van der Waals surface area contributed by atoms with E-state index in [4.69, 9.17) is 9.72 Å². The highest BCUT2D eigenvalue weighted by Gasteiger charge is 2.29. The Hall–Kier alpha value is -3.89. The molecule has 0 spiro atoms. The number of hydrogen-bond acceptors (Lipinski definition) is 9. The van der Waals surface area contributed by atoms with Crippen LogP contribution in [0.1, 0.15) is 23.2 Å². The van der Waals surface area contributed by atoms with E-state index in [1.165, 1.54) is 25.9 Å². The summed E-state index contributed by atoms with van der Waals surface area (Å²) in [6, 6.07) is 14.5. The molecule has 0 unspecified atom stereocenters. The molecule has 1 N–H and O–H groups in total. The molecule has 3 aliphatic heterocycles. The molecule has 10 heteroatoms. The standard InChI is InChI=1S/C30H38N8O2/c1-34-13-11-21(12-14-34)37-15-17-38(18-16-37)22-9-10-24(27(19-22)40-4)32-30-31-20-26-28(33-30)35(2)25-8-6-5-7-23(25)29(39)36(26)3/h5-10,19-21H,11-18H2,1-4H3,(H,31,32,33). The number of fused-ring (bicyclic) bond motifs is 2. The number of nitrogens with one attached hydrogen (secondary N) is 1. The molecule has 0 saturated carbocycles. The van der Waals surface area contributed by atoms with Crippen LogP contribution in [-0.4, -0.2) is 99.2 Å². The van der Waals surface area contributed by atoms with E-state index in [0.717, 1.165) is 49.0 Å². The first-order chi connectivity index (χ1) is 19.4. The van der Waals surface area contributed by atoms with Crippen LogP contribution in [0.3, 0.4) is 0 Å². The molecule has 6 rings (SSSR count). The molecule has 0 bridgehead atoms. The van der Waals surface area contributed by atoms with Crippen molar-refractivity contribution in [1.82, 2.24) is 19.8 Å². The highest BCUT2D eigenvalue weighted by molar-refractivity contribution is 6.13. The number of ether oxygens (including phenoxy) is 1. The SMILES string of the molecule is COc1cc(N2CCN(C3CCN(C)CC3)CC2)ccc1Nc1ncc2c(n1)N(C)c1ccccc1C(=O)N2C. The van der Waals surface area contributed by atoms with Crippen molar-refractivity contribution in [2.75, 3.05) is 87.5 Å². The van der Waals surface area contributed by atoms with Crippen molar-refractivity contribution in [1.29, 1.82) is 0 Å². The van der Waals surface area contributed by atoms with E-state index < -0.39 is 0 Å². The van der Waals surface area contributed by atoms with Crippen molar-refractivity contribution in [3.8, 4) is 5.75 Å². The molecule has 3 aliphatic rings. The summed E-state index contributed by atoms with van der Waals surface area (Å²) in [5.74, 6) is 1.73. The second-order valence-corrected chi connectivity index (χ2v) is 10.9. The van der Waals surface area contributed by atoms with E-state index in [-0.39, 0.29) is 5.91 Å². The number of hydrogen-bond donors (Lipinski definition) is 1. The van der Waals surface area contributed by atoms with Crippen LogP contribution in [0.15, 0.2) is 48.7 Å². The Labute approximate surface area is 236 Å². The van der Waals surface area contributed by atoms with Gasteiger partial charge < -0.3 is 29.7 Å². The molecule has 0 radical (unpaired) electrons. The maximum absolute atomic E-state index is 13.1. The third kappa shape index (κ3) is 4.93. The van der Waals surface area contributed by atoms with Crippen LogP contribution >= 0.6 is 0 Å². The number of amides is 1. The number of rotatable bonds is 5. The van der Waals surface area contributed by atoms with Gasteiger partial charge in [0.15, 0.2) is 5.82 Å². The predicted molar refractivity (Wildman–Crippen MR) is 160 cm³/mol. The molecule has 40 heavy (non-hydrogen) atoms. The Morgan fingerprint density at radius 2 is 1.65 bits per heavy atom. The summed E-state index contributed by atoms with van der Waals surface area (Å²) in [4.78, 5) is 33.5. The number of piperidine rings is 1. The number of carbonyl (C=O) groups excluding carboxylic acids is 1. The first-order valence-corrected chi connectivity index (χ1v) is 14.0. The smallest absolute Gasteiger partial charge is 0.260 e. The van der Waals surface area contributed by atoms with Gasteiger partial charge in [-0.25, -0.2) is 4.98 Å². The monoisotopic (exact) mass is 542 g/mol. The van der Waals surface area contributed by atoms with Crippen molar-refractivity contribution in [3.05, 3.63) is 54.2 Å². The van der Waals surface area contributed by atoms with Crippen LogP contribution in [0.2, 0.25) is 0 Å². The summed E-state index contributed by atoms with van der Waals surface area (Å²) in [6.07, 6.45) is 4.23. The number of para-hydroxylation sites is 1. The van der Waals surface area contributed by atoms with Gasteiger partial charge in [0.25, 0.3) is 5.91 Å². The molecule has 1 aromatic heterocycles. The average Bonchev–Trinajstić information content (AvgIpc) is 3.07. The number of likely N-dealkylation sites (tertiary alicyclic amines) is 1. The lowest BCUT2D eigenvalue weighted by Crippen LogP contribution is -2.53. The van der Waals surface area contributed by atoms with Gasteiger partial charge in [-0.2, -0.15) is 4.98 Å². The van der Waals surface area contributed by atoms with Gasteiger partial charge in [-0.15, -0.1) is 0 Å². The fraction of sp³-hybridized carbons (Fsp3) is 0.433. The van der Waals surface area contributed by atoms with E-state index in [9.17, 15) is 4.79 Å². The van der Waals surface area contributed by atoms with Gasteiger partial charge in [0.05, 0.1) is 30.2 Å². The fourth-order valence-corrected chi connectivity index (χ4v) is 6.07. The highest BCUT2D eigenvalue weighted by Crippen LogP contribution is 2.39. The zero-order valence-electron chi connectivity index (χ0n) is 23.8. The first-order valence-electron chi connectivity index (χ1n) is 14.0. The maximum atomic E-state index is 13.1. The van der Waals surface area contributed by atoms with Gasteiger partial charge in [0.1, 0.15) is 11.4 Å². The second kappa shape index (κ2) is 10.9. The Morgan fingerprint density at radius 3 is 2.40 bits per heavy atom. The highest BCUT2D eigenvalue weighted by atomic mass is 16.5. The molecule has 2 saturated heterocycles. The molecular formula is C30H38N8O2. The molecule has 0 atom stereocenters. The number of benzene rings is 2. The molecule has 2 aromatic carbocycles. The van der Waals surface area contributed by atoms with Gasteiger partial charge in [0, 0.05) is 58.1 Å². The third-order valence-electron chi connectivity index (χ3n) is 8.55. The minimum atomic E-state index is -0.0880.